The maximum Gasteiger partial charge on any atom is 0.221 e. The molecule has 0 spiro atoms. The first-order valence-electron chi connectivity index (χ1n) is 6.41. The summed E-state index contributed by atoms with van der Waals surface area (Å²) in [6.07, 6.45) is 2.50. The molecule has 19 heavy (non-hydrogen) atoms. The second-order valence-corrected chi connectivity index (χ2v) is 4.67. The van der Waals surface area contributed by atoms with Gasteiger partial charge in [0.05, 0.1) is 11.4 Å². The zero-order valence-electron chi connectivity index (χ0n) is 10.5. The van der Waals surface area contributed by atoms with Crippen LogP contribution in [-0.2, 0) is 11.3 Å². The van der Waals surface area contributed by atoms with Gasteiger partial charge in [-0.25, -0.2) is 4.68 Å². The van der Waals surface area contributed by atoms with Crippen molar-refractivity contribution >= 4 is 5.91 Å². The fourth-order valence-corrected chi connectivity index (χ4v) is 2.18. The van der Waals surface area contributed by atoms with E-state index < -0.39 is 0 Å². The molecule has 1 aliphatic heterocycles. The zero-order chi connectivity index (χ0) is 13.1. The third-order valence-corrected chi connectivity index (χ3v) is 3.21. The molecular formula is C14H16N4O. The average Bonchev–Trinajstić information content (AvgIpc) is 3.06. The van der Waals surface area contributed by atoms with Gasteiger partial charge in [0.15, 0.2) is 0 Å². The molecule has 5 heteroatoms. The molecule has 0 bridgehead atoms. The average molecular weight is 256 g/mol. The molecule has 5 nitrogen and oxygen atoms in total. The number of hydrogen-bond donors (Lipinski definition) is 2. The summed E-state index contributed by atoms with van der Waals surface area (Å²) in [7, 11) is 0. The number of nitrogens with zero attached hydrogens (tertiary/aromatic N) is 2. The first-order valence-corrected chi connectivity index (χ1v) is 6.41. The number of nitrogens with one attached hydrogen (secondary N) is 2. The van der Waals surface area contributed by atoms with E-state index >= 15 is 0 Å². The van der Waals surface area contributed by atoms with E-state index in [2.05, 4.69) is 15.7 Å². The standard InChI is InChI=1S/C14H16N4O/c19-14-8-12(10-16-14)15-9-11-6-7-18(17-11)13-4-2-1-3-5-13/h1-7,12,15H,8-10H2,(H,16,19). The molecule has 2 N–H and O–H groups in total. The van der Waals surface area contributed by atoms with Crippen LogP contribution in [0.15, 0.2) is 42.6 Å². The van der Waals surface area contributed by atoms with Gasteiger partial charge in [0.25, 0.3) is 0 Å². The quantitative estimate of drug-likeness (QED) is 0.852. The normalized spacial score (nSPS) is 18.5. The van der Waals surface area contributed by atoms with Crippen LogP contribution in [0, 0.1) is 0 Å². The number of benzene rings is 1. The minimum atomic E-state index is 0.118. The summed E-state index contributed by atoms with van der Waals surface area (Å²) < 4.78 is 1.86. The second-order valence-electron chi connectivity index (χ2n) is 4.67. The number of rotatable bonds is 4. The van der Waals surface area contributed by atoms with Gasteiger partial charge in [-0.2, -0.15) is 5.10 Å². The molecular weight excluding hydrogens is 240 g/mol. The van der Waals surface area contributed by atoms with Gasteiger partial charge in [-0.3, -0.25) is 4.79 Å². The van der Waals surface area contributed by atoms with Crippen LogP contribution in [0.25, 0.3) is 5.69 Å². The summed E-state index contributed by atoms with van der Waals surface area (Å²) in [5.41, 5.74) is 2.02. The molecule has 1 unspecified atom stereocenters. The molecule has 0 aliphatic carbocycles. The lowest BCUT2D eigenvalue weighted by atomic mass is 10.2. The lowest BCUT2D eigenvalue weighted by molar-refractivity contribution is -0.119. The van der Waals surface area contributed by atoms with E-state index in [9.17, 15) is 4.79 Å². The van der Waals surface area contributed by atoms with Crippen molar-refractivity contribution in [2.24, 2.45) is 0 Å². The number of carbonyl (C=O) groups is 1. The minimum Gasteiger partial charge on any atom is -0.354 e. The van der Waals surface area contributed by atoms with E-state index in [1.807, 2.05) is 47.3 Å². The van der Waals surface area contributed by atoms with Gasteiger partial charge in [0.1, 0.15) is 0 Å². The number of aromatic nitrogens is 2. The Balaban J connectivity index is 1.61. The molecule has 1 saturated heterocycles. The van der Waals surface area contributed by atoms with E-state index in [1.54, 1.807) is 0 Å². The molecule has 2 heterocycles. The van der Waals surface area contributed by atoms with Crippen LogP contribution >= 0.6 is 0 Å². The molecule has 1 amide bonds. The molecule has 98 valence electrons. The molecule has 0 radical (unpaired) electrons. The largest absolute Gasteiger partial charge is 0.354 e. The second kappa shape index (κ2) is 5.24. The highest BCUT2D eigenvalue weighted by Gasteiger charge is 2.20. The summed E-state index contributed by atoms with van der Waals surface area (Å²) in [6.45, 7) is 1.39. The molecule has 2 aromatic rings. The fraction of sp³-hybridized carbons (Fsp3) is 0.286. The minimum absolute atomic E-state index is 0.118. The van der Waals surface area contributed by atoms with Crippen LogP contribution < -0.4 is 10.6 Å². The van der Waals surface area contributed by atoms with Crippen molar-refractivity contribution in [1.29, 1.82) is 0 Å². The van der Waals surface area contributed by atoms with Crippen LogP contribution in [0.2, 0.25) is 0 Å². The maximum atomic E-state index is 11.1. The Morgan fingerprint density at radius 3 is 2.89 bits per heavy atom. The monoisotopic (exact) mass is 256 g/mol. The molecule has 1 atom stereocenters. The Hall–Kier alpha value is -2.14. The van der Waals surface area contributed by atoms with Crippen molar-refractivity contribution in [3.63, 3.8) is 0 Å². The van der Waals surface area contributed by atoms with Gasteiger partial charge in [-0.1, -0.05) is 18.2 Å². The van der Waals surface area contributed by atoms with Gasteiger partial charge in [-0.05, 0) is 18.2 Å². The Morgan fingerprint density at radius 2 is 2.16 bits per heavy atom. The first kappa shape index (κ1) is 11.9. The zero-order valence-corrected chi connectivity index (χ0v) is 10.5. The Labute approximate surface area is 111 Å². The highest BCUT2D eigenvalue weighted by molar-refractivity contribution is 5.78. The van der Waals surface area contributed by atoms with E-state index in [4.69, 9.17) is 0 Å². The van der Waals surface area contributed by atoms with Crippen LogP contribution in [0.1, 0.15) is 12.1 Å². The van der Waals surface area contributed by atoms with E-state index in [0.717, 1.165) is 11.4 Å². The Bertz CT molecular complexity index is 564. The lowest BCUT2D eigenvalue weighted by Crippen LogP contribution is -2.30. The Kier molecular flexibility index (Phi) is 3.29. The van der Waals surface area contributed by atoms with Crippen LogP contribution in [0.5, 0.6) is 0 Å². The van der Waals surface area contributed by atoms with Gasteiger partial charge >= 0.3 is 0 Å². The van der Waals surface area contributed by atoms with Crippen molar-refractivity contribution < 1.29 is 4.79 Å². The highest BCUT2D eigenvalue weighted by atomic mass is 16.1. The molecule has 0 saturated carbocycles. The first-order chi connectivity index (χ1) is 9.31. The van der Waals surface area contributed by atoms with E-state index in [-0.39, 0.29) is 11.9 Å². The summed E-state index contributed by atoms with van der Waals surface area (Å²) in [5.74, 6) is 0.118. The van der Waals surface area contributed by atoms with Crippen molar-refractivity contribution in [2.45, 2.75) is 19.0 Å². The summed E-state index contributed by atoms with van der Waals surface area (Å²) in [5, 5.41) is 10.7. The van der Waals surface area contributed by atoms with Gasteiger partial charge in [0.2, 0.25) is 5.91 Å². The summed E-state index contributed by atoms with van der Waals surface area (Å²) in [4.78, 5) is 11.1. The van der Waals surface area contributed by atoms with E-state index in [1.165, 1.54) is 0 Å². The van der Waals surface area contributed by atoms with Crippen LogP contribution in [0.4, 0.5) is 0 Å². The molecule has 1 aliphatic rings. The summed E-state index contributed by atoms with van der Waals surface area (Å²) in [6, 6.07) is 12.2. The molecule has 3 rings (SSSR count). The van der Waals surface area contributed by atoms with Crippen LogP contribution in [0.3, 0.4) is 0 Å². The number of para-hydroxylation sites is 1. The molecule has 1 aromatic carbocycles. The SMILES string of the molecule is O=C1CC(NCc2ccn(-c3ccccc3)n2)CN1. The third kappa shape index (κ3) is 2.82. The smallest absolute Gasteiger partial charge is 0.221 e. The van der Waals surface area contributed by atoms with Crippen molar-refractivity contribution in [2.75, 3.05) is 6.54 Å². The van der Waals surface area contributed by atoms with Crippen molar-refractivity contribution in [3.8, 4) is 5.69 Å². The van der Waals surface area contributed by atoms with Crippen molar-refractivity contribution in [1.82, 2.24) is 20.4 Å². The maximum absolute atomic E-state index is 11.1. The molecule has 1 fully saturated rings. The Morgan fingerprint density at radius 1 is 1.32 bits per heavy atom. The third-order valence-electron chi connectivity index (χ3n) is 3.21. The fourth-order valence-electron chi connectivity index (χ4n) is 2.18. The topological polar surface area (TPSA) is 59.0 Å². The van der Waals surface area contributed by atoms with Gasteiger partial charge < -0.3 is 10.6 Å². The van der Waals surface area contributed by atoms with Crippen LogP contribution in [-0.4, -0.2) is 28.3 Å². The summed E-state index contributed by atoms with van der Waals surface area (Å²) >= 11 is 0. The van der Waals surface area contributed by atoms with Gasteiger partial charge in [0, 0.05) is 31.7 Å². The van der Waals surface area contributed by atoms with Gasteiger partial charge in [-0.15, -0.1) is 0 Å². The van der Waals surface area contributed by atoms with E-state index in [0.29, 0.717) is 19.5 Å². The lowest BCUT2D eigenvalue weighted by Gasteiger charge is -2.08. The predicted molar refractivity (Wildman–Crippen MR) is 71.8 cm³/mol. The van der Waals surface area contributed by atoms with Crippen molar-refractivity contribution in [3.05, 3.63) is 48.3 Å². The predicted octanol–water partition coefficient (Wildman–Crippen LogP) is 0.850. The highest BCUT2D eigenvalue weighted by Crippen LogP contribution is 2.07. The number of hydrogen-bond acceptors (Lipinski definition) is 3. The number of amides is 1. The molecule has 1 aromatic heterocycles. The number of carbonyl (C=O) groups excluding carboxylic acids is 1.